The molecule has 0 unspecified atom stereocenters. The third-order valence-electron chi connectivity index (χ3n) is 5.68. The number of carbonyl (C=O) groups excluding carboxylic acids is 3. The van der Waals surface area contributed by atoms with Gasteiger partial charge in [0.25, 0.3) is 11.1 Å². The smallest absolute Gasteiger partial charge is 0.290 e. The molecule has 35 heavy (non-hydrogen) atoms. The Kier molecular flexibility index (Phi) is 7.20. The summed E-state index contributed by atoms with van der Waals surface area (Å²) in [4.78, 5) is 49.1. The van der Waals surface area contributed by atoms with Gasteiger partial charge < -0.3 is 9.80 Å². The molecule has 3 amide bonds. The highest BCUT2D eigenvalue weighted by Crippen LogP contribution is 2.29. The number of nitrogens with zero attached hydrogens (tertiary/aromatic N) is 4. The lowest BCUT2D eigenvalue weighted by molar-refractivity contribution is -0.132. The molecule has 10 heteroatoms. The van der Waals surface area contributed by atoms with Gasteiger partial charge in [0.05, 0.1) is 23.0 Å². The number of rotatable bonds is 4. The average Bonchev–Trinajstić information content (AvgIpc) is 2.98. The van der Waals surface area contributed by atoms with Crippen molar-refractivity contribution in [1.29, 1.82) is 0 Å². The maximum atomic E-state index is 14.7. The van der Waals surface area contributed by atoms with Gasteiger partial charge in [0, 0.05) is 38.2 Å². The fourth-order valence-corrected chi connectivity index (χ4v) is 4.68. The number of hydrogen-bond acceptors (Lipinski definition) is 7. The summed E-state index contributed by atoms with van der Waals surface area (Å²) in [5.74, 6) is -0.160. The van der Waals surface area contributed by atoms with E-state index in [2.05, 4.69) is 41.0 Å². The molecule has 0 aliphatic carbocycles. The Morgan fingerprint density at radius 2 is 1.97 bits per heavy atom. The molecule has 0 bridgehead atoms. The number of carbonyl (C=O) groups is 3. The number of aromatic nitrogens is 2. The summed E-state index contributed by atoms with van der Waals surface area (Å²) in [5.41, 5.74) is 1.13. The van der Waals surface area contributed by atoms with Gasteiger partial charge in [-0.3, -0.25) is 24.7 Å². The van der Waals surface area contributed by atoms with E-state index in [0.29, 0.717) is 49.7 Å². The van der Waals surface area contributed by atoms with E-state index < -0.39 is 17.0 Å². The lowest BCUT2D eigenvalue weighted by atomic mass is 9.91. The van der Waals surface area contributed by atoms with Crippen molar-refractivity contribution in [1.82, 2.24) is 20.2 Å². The van der Waals surface area contributed by atoms with Gasteiger partial charge in [-0.2, -0.15) is 0 Å². The molecule has 3 heterocycles. The van der Waals surface area contributed by atoms with Crippen molar-refractivity contribution in [2.45, 2.75) is 33.6 Å². The van der Waals surface area contributed by atoms with E-state index in [-0.39, 0.29) is 21.8 Å². The largest absolute Gasteiger partial charge is 0.353 e. The Hall–Kier alpha value is -3.27. The Labute approximate surface area is 208 Å². The number of hydrogen-bond donors (Lipinski definition) is 1. The lowest BCUT2D eigenvalue weighted by Gasteiger charge is -2.26. The van der Waals surface area contributed by atoms with Gasteiger partial charge >= 0.3 is 0 Å². The highest BCUT2D eigenvalue weighted by atomic mass is 32.2. The molecule has 1 aromatic heterocycles. The van der Waals surface area contributed by atoms with Crippen LogP contribution in [0.2, 0.25) is 0 Å². The summed E-state index contributed by atoms with van der Waals surface area (Å²) in [6.45, 7) is 8.79. The van der Waals surface area contributed by atoms with Gasteiger partial charge in [-0.05, 0) is 47.4 Å². The zero-order valence-electron chi connectivity index (χ0n) is 20.0. The van der Waals surface area contributed by atoms with Crippen LogP contribution in [0.5, 0.6) is 0 Å². The molecule has 4 rings (SSSR count). The van der Waals surface area contributed by atoms with Crippen LogP contribution in [-0.2, 0) is 9.59 Å². The zero-order chi connectivity index (χ0) is 25.2. The summed E-state index contributed by atoms with van der Waals surface area (Å²) in [6, 6.07) is 4.43. The first-order valence-corrected chi connectivity index (χ1v) is 12.3. The van der Waals surface area contributed by atoms with Gasteiger partial charge in [0.1, 0.15) is 11.6 Å². The Balaban J connectivity index is 1.53. The minimum Gasteiger partial charge on any atom is -0.353 e. The molecular formula is C25H28FN5O3S. The van der Waals surface area contributed by atoms with E-state index >= 15 is 0 Å². The maximum Gasteiger partial charge on any atom is 0.290 e. The molecule has 184 valence electrons. The first kappa shape index (κ1) is 24.8. The molecule has 0 spiro atoms. The second-order valence-electron chi connectivity index (χ2n) is 9.81. The minimum atomic E-state index is -0.469. The first-order valence-electron chi connectivity index (χ1n) is 11.5. The fraction of sp³-hybridized carbons (Fsp3) is 0.400. The van der Waals surface area contributed by atoms with E-state index in [4.69, 9.17) is 0 Å². The number of nitrogens with one attached hydrogen (secondary N) is 1. The Morgan fingerprint density at radius 3 is 2.69 bits per heavy atom. The Bertz CT molecular complexity index is 1190. The third-order valence-corrected chi connectivity index (χ3v) is 6.49. The van der Waals surface area contributed by atoms with Gasteiger partial charge in [-0.1, -0.05) is 26.8 Å². The SMILES string of the molecule is CC(C)(C)CC(=O)N1CCCN(c2cncc(-c3cc(/C=C4\SC(=O)NC4=O)ccc3F)n2)CC1. The summed E-state index contributed by atoms with van der Waals surface area (Å²) in [6.07, 6.45) is 5.99. The van der Waals surface area contributed by atoms with Crippen LogP contribution in [0.1, 0.15) is 39.2 Å². The van der Waals surface area contributed by atoms with Crippen LogP contribution in [0.25, 0.3) is 17.3 Å². The normalized spacial score (nSPS) is 18.1. The molecule has 1 N–H and O–H groups in total. The van der Waals surface area contributed by atoms with Crippen LogP contribution in [0.4, 0.5) is 15.0 Å². The standard InChI is InChI=1S/C25H28FN5O3S/c1-25(2,3)13-22(32)31-8-4-7-30(9-10-31)21-15-27-14-19(28-21)17-11-16(5-6-18(17)26)12-20-23(33)29-24(34)35-20/h5-6,11-12,14-15H,4,7-10,13H2,1-3H3,(H,29,33,34)/b20-12-. The van der Waals surface area contributed by atoms with Crippen LogP contribution in [0.3, 0.4) is 0 Å². The van der Waals surface area contributed by atoms with Crippen molar-refractivity contribution in [3.05, 3.63) is 46.9 Å². The fourth-order valence-electron chi connectivity index (χ4n) is 4.00. The number of anilines is 1. The Morgan fingerprint density at radius 1 is 1.17 bits per heavy atom. The van der Waals surface area contributed by atoms with Crippen molar-refractivity contribution in [2.24, 2.45) is 5.41 Å². The molecule has 0 saturated carbocycles. The number of imide groups is 1. The number of amides is 3. The van der Waals surface area contributed by atoms with Gasteiger partial charge in [0.15, 0.2) is 0 Å². The van der Waals surface area contributed by atoms with Crippen molar-refractivity contribution < 1.29 is 18.8 Å². The number of thioether (sulfide) groups is 1. The highest BCUT2D eigenvalue weighted by molar-refractivity contribution is 8.18. The molecule has 0 radical (unpaired) electrons. The van der Waals surface area contributed by atoms with Crippen molar-refractivity contribution in [3.63, 3.8) is 0 Å². The summed E-state index contributed by atoms with van der Waals surface area (Å²) < 4.78 is 14.7. The molecule has 1 aromatic carbocycles. The van der Waals surface area contributed by atoms with Crippen molar-refractivity contribution in [3.8, 4) is 11.3 Å². The van der Waals surface area contributed by atoms with Crippen LogP contribution < -0.4 is 10.2 Å². The maximum absolute atomic E-state index is 14.7. The van der Waals surface area contributed by atoms with E-state index in [1.165, 1.54) is 18.3 Å². The second kappa shape index (κ2) is 10.2. The third kappa shape index (κ3) is 6.25. The molecule has 2 aliphatic rings. The molecule has 2 saturated heterocycles. The van der Waals surface area contributed by atoms with Crippen molar-refractivity contribution in [2.75, 3.05) is 31.1 Å². The molecule has 2 aromatic rings. The predicted molar refractivity (Wildman–Crippen MR) is 134 cm³/mol. The second-order valence-corrected chi connectivity index (χ2v) is 10.8. The lowest BCUT2D eigenvalue weighted by Crippen LogP contribution is -2.37. The van der Waals surface area contributed by atoms with Crippen LogP contribution in [0, 0.1) is 11.2 Å². The summed E-state index contributed by atoms with van der Waals surface area (Å²) in [7, 11) is 0. The van der Waals surface area contributed by atoms with Crippen molar-refractivity contribution >= 4 is 40.7 Å². The van der Waals surface area contributed by atoms with E-state index in [0.717, 1.165) is 18.2 Å². The van der Waals surface area contributed by atoms with E-state index in [9.17, 15) is 18.8 Å². The monoisotopic (exact) mass is 497 g/mol. The highest BCUT2D eigenvalue weighted by Gasteiger charge is 2.26. The molecule has 2 aliphatic heterocycles. The van der Waals surface area contributed by atoms with Crippen LogP contribution in [-0.4, -0.2) is 58.1 Å². The molecule has 2 fully saturated rings. The van der Waals surface area contributed by atoms with Crippen LogP contribution in [0.15, 0.2) is 35.5 Å². The van der Waals surface area contributed by atoms with Gasteiger partial charge in [0.2, 0.25) is 5.91 Å². The summed E-state index contributed by atoms with van der Waals surface area (Å²) in [5, 5.41) is 1.77. The van der Waals surface area contributed by atoms with Gasteiger partial charge in [-0.25, -0.2) is 9.37 Å². The molecular weight excluding hydrogens is 469 g/mol. The first-order chi connectivity index (χ1) is 16.6. The molecule has 0 atom stereocenters. The topological polar surface area (TPSA) is 95.5 Å². The minimum absolute atomic E-state index is 0.0623. The molecule has 8 nitrogen and oxygen atoms in total. The van der Waals surface area contributed by atoms with Crippen LogP contribution >= 0.6 is 11.8 Å². The summed E-state index contributed by atoms with van der Waals surface area (Å²) >= 11 is 0.808. The number of halogens is 1. The van der Waals surface area contributed by atoms with Gasteiger partial charge in [-0.15, -0.1) is 0 Å². The van der Waals surface area contributed by atoms with E-state index in [1.807, 2.05) is 4.90 Å². The zero-order valence-corrected chi connectivity index (χ0v) is 20.8. The predicted octanol–water partition coefficient (Wildman–Crippen LogP) is 4.08. The quantitative estimate of drug-likeness (QED) is 0.636. The average molecular weight is 498 g/mol. The van der Waals surface area contributed by atoms with E-state index in [1.54, 1.807) is 18.3 Å². The number of benzene rings is 1.